The second-order valence-electron chi connectivity index (χ2n) is 9.80. The smallest absolute Gasteiger partial charge is 0.150 e. The lowest BCUT2D eigenvalue weighted by atomic mass is 9.86. The van der Waals surface area contributed by atoms with Gasteiger partial charge in [-0.1, -0.05) is 43.3 Å². The maximum Gasteiger partial charge on any atom is 0.150 e. The predicted octanol–water partition coefficient (Wildman–Crippen LogP) is 6.44. The molecule has 0 saturated carbocycles. The van der Waals surface area contributed by atoms with E-state index in [0.717, 1.165) is 40.2 Å². The van der Waals surface area contributed by atoms with Gasteiger partial charge in [0.25, 0.3) is 0 Å². The maximum atomic E-state index is 10.0. The Morgan fingerprint density at radius 3 is 2.38 bits per heavy atom. The van der Waals surface area contributed by atoms with Gasteiger partial charge >= 0.3 is 0 Å². The first-order chi connectivity index (χ1) is 16.5. The van der Waals surface area contributed by atoms with Gasteiger partial charge in [0.15, 0.2) is 0 Å². The quantitative estimate of drug-likeness (QED) is 0.449. The fraction of sp³-hybridized carbons (Fsp3) is 0.333. The highest BCUT2D eigenvalue weighted by Crippen LogP contribution is 2.47. The summed E-state index contributed by atoms with van der Waals surface area (Å²) in [4.78, 5) is 2.58. The van der Waals surface area contributed by atoms with E-state index in [2.05, 4.69) is 43.0 Å². The van der Waals surface area contributed by atoms with E-state index < -0.39 is 0 Å². The van der Waals surface area contributed by atoms with Crippen molar-refractivity contribution in [1.82, 2.24) is 4.90 Å². The van der Waals surface area contributed by atoms with Crippen LogP contribution in [0.15, 0.2) is 66.7 Å². The molecule has 1 saturated heterocycles. The van der Waals surface area contributed by atoms with Crippen molar-refractivity contribution in [2.45, 2.75) is 39.2 Å². The highest BCUT2D eigenvalue weighted by Gasteiger charge is 2.29. The number of aromatic hydroxyl groups is 2. The Hall–Kier alpha value is -3.24. The summed E-state index contributed by atoms with van der Waals surface area (Å²) in [6.07, 6.45) is 3.29. The van der Waals surface area contributed by atoms with Gasteiger partial charge in [0.05, 0.1) is 0 Å². The number of aryl methyl sites for hydroxylation is 1. The molecule has 4 nitrogen and oxygen atoms in total. The molecule has 3 aromatic carbocycles. The number of phenolic OH excluding ortho intramolecular Hbond substituents is 2. The van der Waals surface area contributed by atoms with Gasteiger partial charge in [0.1, 0.15) is 23.4 Å². The summed E-state index contributed by atoms with van der Waals surface area (Å²) in [6.45, 7) is 8.09. The molecule has 2 atom stereocenters. The van der Waals surface area contributed by atoms with Gasteiger partial charge in [-0.25, -0.2) is 0 Å². The summed E-state index contributed by atoms with van der Waals surface area (Å²) in [5, 5.41) is 19.8. The number of rotatable bonds is 6. The largest absolute Gasteiger partial charge is 0.508 e. The molecular weight excluding hydrogens is 422 g/mol. The molecule has 0 spiro atoms. The number of hydrogen-bond acceptors (Lipinski definition) is 4. The van der Waals surface area contributed by atoms with Crippen LogP contribution in [0.5, 0.6) is 17.2 Å². The summed E-state index contributed by atoms with van der Waals surface area (Å²) in [5.41, 5.74) is 6.60. The summed E-state index contributed by atoms with van der Waals surface area (Å²) >= 11 is 0. The Labute approximate surface area is 202 Å². The number of likely N-dealkylation sites (tertiary alicyclic amines) is 1. The normalized spacial score (nSPS) is 20.3. The molecule has 34 heavy (non-hydrogen) atoms. The zero-order chi connectivity index (χ0) is 23.7. The summed E-state index contributed by atoms with van der Waals surface area (Å²) in [5.74, 6) is 1.96. The zero-order valence-electron chi connectivity index (χ0n) is 20.0. The van der Waals surface area contributed by atoms with Crippen LogP contribution < -0.4 is 4.74 Å². The molecule has 1 fully saturated rings. The van der Waals surface area contributed by atoms with Crippen LogP contribution in [0, 0.1) is 5.92 Å². The molecule has 0 aliphatic carbocycles. The number of allylic oxidation sites excluding steroid dienone is 1. The number of nitrogens with zero attached hydrogens (tertiary/aromatic N) is 1. The number of ether oxygens (including phenoxy) is 1. The van der Waals surface area contributed by atoms with Crippen LogP contribution in [0.25, 0.3) is 11.1 Å². The van der Waals surface area contributed by atoms with Crippen molar-refractivity contribution in [3.8, 4) is 17.2 Å². The zero-order valence-corrected chi connectivity index (χ0v) is 20.0. The minimum absolute atomic E-state index is 0.195. The highest BCUT2D eigenvalue weighted by molar-refractivity contribution is 5.95. The standard InChI is InChI=1S/C30H33NO3/c1-20-15-17-31(19-20)16-3-4-22-5-7-24(8-6-22)30-29(23-9-11-25(32)12-10-23)21(2)27-14-13-26(33)18-28(27)34-30/h5-14,18,20,30,32-33H,3-4,15-17,19H2,1-2H3/t20-,30+/m1/s1. The van der Waals surface area contributed by atoms with E-state index in [1.54, 1.807) is 24.3 Å². The van der Waals surface area contributed by atoms with Crippen LogP contribution in [0.3, 0.4) is 0 Å². The van der Waals surface area contributed by atoms with Gasteiger partial charge in [0.2, 0.25) is 0 Å². The molecule has 0 bridgehead atoms. The lowest BCUT2D eigenvalue weighted by molar-refractivity contribution is 0.259. The fourth-order valence-corrected chi connectivity index (χ4v) is 5.28. The monoisotopic (exact) mass is 455 g/mol. The second-order valence-corrected chi connectivity index (χ2v) is 9.80. The Kier molecular flexibility index (Phi) is 6.34. The lowest BCUT2D eigenvalue weighted by Crippen LogP contribution is -2.21. The molecule has 4 heteroatoms. The molecule has 2 heterocycles. The number of fused-ring (bicyclic) bond motifs is 1. The molecule has 5 rings (SSSR count). The van der Waals surface area contributed by atoms with E-state index in [4.69, 9.17) is 4.74 Å². The van der Waals surface area contributed by atoms with E-state index in [0.29, 0.717) is 5.75 Å². The molecule has 2 aliphatic rings. The molecule has 3 aromatic rings. The molecular formula is C30H33NO3. The molecule has 2 aliphatic heterocycles. The van der Waals surface area contributed by atoms with Crippen molar-refractivity contribution >= 4 is 11.1 Å². The first-order valence-corrected chi connectivity index (χ1v) is 12.3. The summed E-state index contributed by atoms with van der Waals surface area (Å²) < 4.78 is 6.48. The van der Waals surface area contributed by atoms with Crippen molar-refractivity contribution in [1.29, 1.82) is 0 Å². The maximum absolute atomic E-state index is 10.0. The van der Waals surface area contributed by atoms with Crippen molar-refractivity contribution < 1.29 is 14.9 Å². The summed E-state index contributed by atoms with van der Waals surface area (Å²) in [6, 6.07) is 21.3. The van der Waals surface area contributed by atoms with E-state index in [1.165, 1.54) is 38.0 Å². The molecule has 0 amide bonds. The number of phenols is 2. The van der Waals surface area contributed by atoms with Crippen molar-refractivity contribution in [2.24, 2.45) is 5.92 Å². The van der Waals surface area contributed by atoms with Gasteiger partial charge in [-0.3, -0.25) is 0 Å². The second kappa shape index (κ2) is 9.55. The van der Waals surface area contributed by atoms with E-state index in [-0.39, 0.29) is 17.6 Å². The third kappa shape index (κ3) is 4.69. The van der Waals surface area contributed by atoms with E-state index in [1.807, 2.05) is 18.2 Å². The Bertz CT molecular complexity index is 1180. The molecule has 176 valence electrons. The van der Waals surface area contributed by atoms with Crippen molar-refractivity contribution in [3.63, 3.8) is 0 Å². The molecule has 0 aromatic heterocycles. The average molecular weight is 456 g/mol. The number of benzene rings is 3. The van der Waals surface area contributed by atoms with Crippen LogP contribution in [-0.4, -0.2) is 34.7 Å². The van der Waals surface area contributed by atoms with Gasteiger partial charge in [-0.05, 0) is 91.7 Å². The lowest BCUT2D eigenvalue weighted by Gasteiger charge is -2.31. The Balaban J connectivity index is 1.39. The molecule has 0 radical (unpaired) electrons. The van der Waals surface area contributed by atoms with Crippen LogP contribution in [0.2, 0.25) is 0 Å². The fourth-order valence-electron chi connectivity index (χ4n) is 5.28. The molecule has 0 unspecified atom stereocenters. The third-order valence-corrected chi connectivity index (χ3v) is 7.19. The van der Waals surface area contributed by atoms with E-state index >= 15 is 0 Å². The highest BCUT2D eigenvalue weighted by atomic mass is 16.5. The first kappa shape index (κ1) is 22.5. The molecule has 2 N–H and O–H groups in total. The SMILES string of the molecule is CC1=C(c2ccc(O)cc2)[C@H](c2ccc(CCCN3CC[C@@H](C)C3)cc2)Oc2cc(O)ccc21. The summed E-state index contributed by atoms with van der Waals surface area (Å²) in [7, 11) is 0. The predicted molar refractivity (Wildman–Crippen MR) is 137 cm³/mol. The Morgan fingerprint density at radius 2 is 1.68 bits per heavy atom. The van der Waals surface area contributed by atoms with Crippen LogP contribution in [0.4, 0.5) is 0 Å². The number of hydrogen-bond donors (Lipinski definition) is 2. The van der Waals surface area contributed by atoms with Crippen molar-refractivity contribution in [2.75, 3.05) is 19.6 Å². The van der Waals surface area contributed by atoms with E-state index in [9.17, 15) is 10.2 Å². The topological polar surface area (TPSA) is 52.9 Å². The first-order valence-electron chi connectivity index (χ1n) is 12.3. The van der Waals surface area contributed by atoms with Gasteiger partial charge in [-0.15, -0.1) is 0 Å². The van der Waals surface area contributed by atoms with Crippen LogP contribution >= 0.6 is 0 Å². The minimum atomic E-state index is -0.293. The van der Waals surface area contributed by atoms with Crippen molar-refractivity contribution in [3.05, 3.63) is 89.0 Å². The minimum Gasteiger partial charge on any atom is -0.508 e. The average Bonchev–Trinajstić information content (AvgIpc) is 3.25. The van der Waals surface area contributed by atoms with Gasteiger partial charge < -0.3 is 19.8 Å². The Morgan fingerprint density at radius 1 is 0.941 bits per heavy atom. The third-order valence-electron chi connectivity index (χ3n) is 7.19. The van der Waals surface area contributed by atoms with Crippen LogP contribution in [-0.2, 0) is 6.42 Å². The van der Waals surface area contributed by atoms with Gasteiger partial charge in [-0.2, -0.15) is 0 Å². The van der Waals surface area contributed by atoms with Crippen LogP contribution in [0.1, 0.15) is 55.0 Å². The van der Waals surface area contributed by atoms with Gasteiger partial charge in [0, 0.05) is 23.7 Å².